The molecule has 1 fully saturated rings. The molecule has 7 heteroatoms. The number of nitrogens with zero attached hydrogens (tertiary/aromatic N) is 3. The van der Waals surface area contributed by atoms with Gasteiger partial charge in [-0.05, 0) is 18.4 Å². The van der Waals surface area contributed by atoms with Gasteiger partial charge in [-0.1, -0.05) is 85.8 Å². The van der Waals surface area contributed by atoms with E-state index in [1.54, 1.807) is 0 Å². The smallest absolute Gasteiger partial charge is 0.328 e. The predicted octanol–water partition coefficient (Wildman–Crippen LogP) is 4.15. The topological polar surface area (TPSA) is 89.5 Å². The number of hydrogen-bond acceptors (Lipinski definition) is 5. The zero-order chi connectivity index (χ0) is 21.9. The third-order valence-corrected chi connectivity index (χ3v) is 6.38. The van der Waals surface area contributed by atoms with Crippen LogP contribution in [0.15, 0.2) is 68.9 Å². The van der Waals surface area contributed by atoms with Crippen LogP contribution in [0.3, 0.4) is 0 Å². The minimum Gasteiger partial charge on any atom is -0.328 e. The number of para-hydroxylation sites is 1. The molecular weight excluding hydrogens is 404 g/mol. The lowest BCUT2D eigenvalue weighted by atomic mass is 9.86. The van der Waals surface area contributed by atoms with Gasteiger partial charge in [0.2, 0.25) is 11.7 Å². The second-order valence-corrected chi connectivity index (χ2v) is 8.52. The maximum Gasteiger partial charge on any atom is 0.446 e. The first-order valence-electron chi connectivity index (χ1n) is 11.3. The van der Waals surface area contributed by atoms with Gasteiger partial charge in [0.15, 0.2) is 6.17 Å². The molecule has 1 aromatic heterocycles. The fourth-order valence-electron chi connectivity index (χ4n) is 4.74. The molecule has 164 valence electrons. The molecule has 1 aliphatic heterocycles. The van der Waals surface area contributed by atoms with Gasteiger partial charge in [0.05, 0.1) is 11.4 Å². The Kier molecular flexibility index (Phi) is 5.71. The van der Waals surface area contributed by atoms with Crippen LogP contribution in [-0.4, -0.2) is 21.3 Å². The summed E-state index contributed by atoms with van der Waals surface area (Å²) in [7, 11) is 0. The van der Waals surface area contributed by atoms with E-state index in [1.807, 2.05) is 54.6 Å². The van der Waals surface area contributed by atoms with Crippen LogP contribution in [0.1, 0.15) is 68.1 Å². The van der Waals surface area contributed by atoms with E-state index in [-0.39, 0.29) is 11.7 Å². The van der Waals surface area contributed by atoms with Crippen molar-refractivity contribution in [2.75, 3.05) is 0 Å². The lowest BCUT2D eigenvalue weighted by Crippen LogP contribution is -2.30. The molecule has 1 aliphatic carbocycles. The summed E-state index contributed by atoms with van der Waals surface area (Å²) in [6.45, 7) is 0. The largest absolute Gasteiger partial charge is 0.446 e. The van der Waals surface area contributed by atoms with Crippen LogP contribution >= 0.6 is 0 Å². The number of rotatable bonds is 5. The van der Waals surface area contributed by atoms with Crippen molar-refractivity contribution in [2.45, 2.75) is 51.1 Å². The maximum atomic E-state index is 12.9. The number of benzene rings is 2. The van der Waals surface area contributed by atoms with E-state index in [2.05, 4.69) is 10.5 Å². The van der Waals surface area contributed by atoms with Crippen molar-refractivity contribution >= 4 is 11.6 Å². The summed E-state index contributed by atoms with van der Waals surface area (Å²) in [5.74, 6) is 0.198. The Morgan fingerprint density at radius 3 is 2.59 bits per heavy atom. The molecule has 0 radical (unpaired) electrons. The van der Waals surface area contributed by atoms with Crippen LogP contribution < -0.4 is 11.1 Å². The first kappa shape index (κ1) is 20.4. The highest BCUT2D eigenvalue weighted by atomic mass is 16.5. The Labute approximate surface area is 186 Å². The number of amides is 1. The van der Waals surface area contributed by atoms with Gasteiger partial charge in [-0.3, -0.25) is 14.3 Å². The molecule has 1 saturated carbocycles. The predicted molar refractivity (Wildman–Crippen MR) is 121 cm³/mol. The average Bonchev–Trinajstić information content (AvgIpc) is 3.16. The SMILES string of the molecule is O=C(CCC1CCCCC1)NC1N=C(c2ccccc2)c2ccccc2-n2c1noc2=O. The summed E-state index contributed by atoms with van der Waals surface area (Å²) in [4.78, 5) is 30.3. The number of aliphatic imine (C=N–C) groups is 1. The van der Waals surface area contributed by atoms with Gasteiger partial charge in [0, 0.05) is 17.5 Å². The third-order valence-electron chi connectivity index (χ3n) is 6.38. The summed E-state index contributed by atoms with van der Waals surface area (Å²) in [5, 5.41) is 6.98. The molecule has 2 heterocycles. The Bertz CT molecular complexity index is 1190. The molecule has 7 nitrogen and oxygen atoms in total. The Balaban J connectivity index is 1.49. The Morgan fingerprint density at radius 1 is 1.03 bits per heavy atom. The van der Waals surface area contributed by atoms with Crippen molar-refractivity contribution in [1.82, 2.24) is 15.0 Å². The van der Waals surface area contributed by atoms with Crippen LogP contribution in [0.4, 0.5) is 0 Å². The number of carbonyl (C=O) groups excluding carboxylic acids is 1. The summed E-state index contributed by atoms with van der Waals surface area (Å²) >= 11 is 0. The number of nitrogens with one attached hydrogen (secondary N) is 1. The molecule has 2 aromatic carbocycles. The van der Waals surface area contributed by atoms with Gasteiger partial charge in [-0.25, -0.2) is 9.36 Å². The minimum absolute atomic E-state index is 0.0929. The zero-order valence-electron chi connectivity index (χ0n) is 17.9. The monoisotopic (exact) mass is 430 g/mol. The number of aromatic nitrogens is 2. The van der Waals surface area contributed by atoms with Crippen molar-refractivity contribution < 1.29 is 9.32 Å². The highest BCUT2D eigenvalue weighted by Gasteiger charge is 2.30. The molecule has 3 aromatic rings. The summed E-state index contributed by atoms with van der Waals surface area (Å²) in [6, 6.07) is 17.3. The van der Waals surface area contributed by atoms with Crippen LogP contribution in [0, 0.1) is 5.92 Å². The number of hydrogen-bond donors (Lipinski definition) is 1. The standard InChI is InChI=1S/C25H26N4O3/c30-21(16-15-17-9-3-1-4-10-17)26-23-24-28-32-25(31)29(24)20-14-8-7-13-19(20)22(27-23)18-11-5-2-6-12-18/h2,5-8,11-14,17,23H,1,3-4,9-10,15-16H2,(H,26,30). The van der Waals surface area contributed by atoms with Gasteiger partial charge in [0.25, 0.3) is 0 Å². The van der Waals surface area contributed by atoms with Crippen LogP contribution in [-0.2, 0) is 4.79 Å². The van der Waals surface area contributed by atoms with Crippen LogP contribution in [0.2, 0.25) is 0 Å². The van der Waals surface area contributed by atoms with E-state index in [0.717, 1.165) is 17.5 Å². The lowest BCUT2D eigenvalue weighted by Gasteiger charge is -2.21. The minimum atomic E-state index is -0.817. The molecule has 0 saturated heterocycles. The maximum absolute atomic E-state index is 12.9. The quantitative estimate of drug-likeness (QED) is 0.658. The lowest BCUT2D eigenvalue weighted by molar-refractivity contribution is -0.122. The second kappa shape index (κ2) is 8.94. The van der Waals surface area contributed by atoms with Gasteiger partial charge >= 0.3 is 5.76 Å². The molecule has 1 atom stereocenters. The average molecular weight is 431 g/mol. The molecule has 5 rings (SSSR count). The Hall–Kier alpha value is -3.48. The molecule has 0 bridgehead atoms. The highest BCUT2D eigenvalue weighted by Crippen LogP contribution is 2.29. The third kappa shape index (κ3) is 4.02. The molecule has 1 N–H and O–H groups in total. The zero-order valence-corrected chi connectivity index (χ0v) is 17.9. The molecule has 32 heavy (non-hydrogen) atoms. The van der Waals surface area contributed by atoms with Crippen molar-refractivity contribution in [1.29, 1.82) is 0 Å². The Morgan fingerprint density at radius 2 is 1.78 bits per heavy atom. The van der Waals surface area contributed by atoms with Gasteiger partial charge < -0.3 is 5.32 Å². The molecule has 1 unspecified atom stereocenters. The molecule has 0 spiro atoms. The molecular formula is C25H26N4O3. The highest BCUT2D eigenvalue weighted by molar-refractivity contribution is 6.15. The van der Waals surface area contributed by atoms with Gasteiger partial charge in [-0.2, -0.15) is 0 Å². The second-order valence-electron chi connectivity index (χ2n) is 8.52. The fraction of sp³-hybridized carbons (Fsp3) is 0.360. The van der Waals surface area contributed by atoms with E-state index in [1.165, 1.54) is 36.7 Å². The van der Waals surface area contributed by atoms with E-state index in [4.69, 9.17) is 9.52 Å². The van der Waals surface area contributed by atoms with E-state index >= 15 is 0 Å². The first-order chi connectivity index (χ1) is 15.7. The van der Waals surface area contributed by atoms with E-state index in [0.29, 0.717) is 23.7 Å². The van der Waals surface area contributed by atoms with E-state index in [9.17, 15) is 9.59 Å². The van der Waals surface area contributed by atoms with Crippen LogP contribution in [0.25, 0.3) is 5.69 Å². The summed E-state index contributed by atoms with van der Waals surface area (Å²) < 4.78 is 6.38. The fourth-order valence-corrected chi connectivity index (χ4v) is 4.74. The van der Waals surface area contributed by atoms with E-state index < -0.39 is 11.9 Å². The summed E-state index contributed by atoms with van der Waals surface area (Å²) in [5.41, 5.74) is 3.01. The van der Waals surface area contributed by atoms with Crippen molar-refractivity contribution in [3.8, 4) is 5.69 Å². The number of carbonyl (C=O) groups is 1. The first-order valence-corrected chi connectivity index (χ1v) is 11.3. The normalized spacial score (nSPS) is 18.2. The van der Waals surface area contributed by atoms with Crippen molar-refractivity contribution in [3.05, 3.63) is 82.1 Å². The molecule has 1 amide bonds. The molecule has 2 aliphatic rings. The van der Waals surface area contributed by atoms with Crippen molar-refractivity contribution in [2.24, 2.45) is 10.9 Å². The van der Waals surface area contributed by atoms with Gasteiger partial charge in [-0.15, -0.1) is 0 Å². The van der Waals surface area contributed by atoms with Crippen LogP contribution in [0.5, 0.6) is 0 Å². The van der Waals surface area contributed by atoms with Gasteiger partial charge in [0.1, 0.15) is 0 Å². The van der Waals surface area contributed by atoms with Crippen molar-refractivity contribution in [3.63, 3.8) is 0 Å². The summed E-state index contributed by atoms with van der Waals surface area (Å²) in [6.07, 6.45) is 6.70. The number of fused-ring (bicyclic) bond motifs is 3.